The number of rotatable bonds is 5. The first-order chi connectivity index (χ1) is 14.7. The highest BCUT2D eigenvalue weighted by atomic mass is 35.5. The van der Waals surface area contributed by atoms with Crippen LogP contribution in [0.1, 0.15) is 12.8 Å². The summed E-state index contributed by atoms with van der Waals surface area (Å²) in [5, 5.41) is 14.0. The number of nitrogens with one attached hydrogen (secondary N) is 4. The highest BCUT2D eigenvalue weighted by molar-refractivity contribution is 7.90. The van der Waals surface area contributed by atoms with E-state index < -0.39 is 9.84 Å². The molecule has 1 saturated heterocycles. The quantitative estimate of drug-likeness (QED) is 0.523. The van der Waals surface area contributed by atoms with E-state index in [-0.39, 0.29) is 29.2 Å². The minimum atomic E-state index is -3.27. The minimum absolute atomic E-state index is 0.0270. The first-order valence-electron chi connectivity index (χ1n) is 9.75. The fraction of sp³-hybridized carbons (Fsp3) is 0.286. The molecule has 0 bridgehead atoms. The van der Waals surface area contributed by atoms with Crippen molar-refractivity contribution < 1.29 is 13.2 Å². The summed E-state index contributed by atoms with van der Waals surface area (Å²) < 4.78 is 23.1. The van der Waals surface area contributed by atoms with E-state index in [4.69, 9.17) is 23.2 Å². The van der Waals surface area contributed by atoms with Gasteiger partial charge in [0.15, 0.2) is 9.84 Å². The average Bonchev–Trinajstić information content (AvgIpc) is 3.12. The molecule has 1 heterocycles. The molecule has 0 aromatic heterocycles. The van der Waals surface area contributed by atoms with Gasteiger partial charge in [0.1, 0.15) is 6.29 Å². The zero-order valence-corrected chi connectivity index (χ0v) is 19.0. The van der Waals surface area contributed by atoms with Gasteiger partial charge in [-0.1, -0.05) is 35.3 Å². The van der Waals surface area contributed by atoms with Gasteiger partial charge in [0.25, 0.3) is 5.91 Å². The molecule has 31 heavy (non-hydrogen) atoms. The Morgan fingerprint density at radius 2 is 1.74 bits per heavy atom. The van der Waals surface area contributed by atoms with Gasteiger partial charge >= 0.3 is 0 Å². The Morgan fingerprint density at radius 3 is 2.39 bits per heavy atom. The van der Waals surface area contributed by atoms with Crippen LogP contribution in [-0.4, -0.2) is 39.0 Å². The number of benzene rings is 2. The first-order valence-corrected chi connectivity index (χ1v) is 12.4. The number of anilines is 2. The van der Waals surface area contributed by atoms with Crippen molar-refractivity contribution in [2.24, 2.45) is 0 Å². The number of hydrogen-bond donors (Lipinski definition) is 4. The van der Waals surface area contributed by atoms with Crippen molar-refractivity contribution in [2.45, 2.75) is 36.1 Å². The third-order valence-electron chi connectivity index (χ3n) is 5.36. The lowest BCUT2D eigenvalue weighted by atomic mass is 9.92. The number of halogens is 2. The van der Waals surface area contributed by atoms with Gasteiger partial charge in [-0.05, 0) is 49.2 Å². The smallest absolute Gasteiger partial charge is 0.251 e. The van der Waals surface area contributed by atoms with Crippen LogP contribution in [0, 0.1) is 0 Å². The molecule has 10 heteroatoms. The van der Waals surface area contributed by atoms with E-state index in [0.717, 1.165) is 12.7 Å². The molecular formula is C21H22Cl2N4O3S. The molecule has 4 N–H and O–H groups in total. The third-order valence-corrected chi connectivity index (χ3v) is 7.12. The van der Waals surface area contributed by atoms with Crippen LogP contribution in [0.4, 0.5) is 11.4 Å². The summed E-state index contributed by atoms with van der Waals surface area (Å²) in [7, 11) is -3.27. The van der Waals surface area contributed by atoms with Crippen LogP contribution >= 0.6 is 23.2 Å². The lowest BCUT2D eigenvalue weighted by molar-refractivity contribution is -0.113. The van der Waals surface area contributed by atoms with Crippen LogP contribution in [-0.2, 0) is 14.6 Å². The fourth-order valence-corrected chi connectivity index (χ4v) is 4.90. The van der Waals surface area contributed by atoms with Gasteiger partial charge in [-0.25, -0.2) is 8.42 Å². The van der Waals surface area contributed by atoms with Crippen molar-refractivity contribution in [3.8, 4) is 0 Å². The molecule has 1 aliphatic heterocycles. The van der Waals surface area contributed by atoms with Crippen LogP contribution < -0.4 is 21.3 Å². The summed E-state index contributed by atoms with van der Waals surface area (Å²) in [5.74, 6) is -0.196. The van der Waals surface area contributed by atoms with E-state index in [2.05, 4.69) is 21.3 Å². The maximum Gasteiger partial charge on any atom is 0.251 e. The molecule has 1 fully saturated rings. The van der Waals surface area contributed by atoms with Crippen molar-refractivity contribution >= 4 is 50.3 Å². The Bertz CT molecular complexity index is 1120. The van der Waals surface area contributed by atoms with E-state index in [1.165, 1.54) is 12.1 Å². The molecule has 0 saturated carbocycles. The second kappa shape index (κ2) is 8.80. The maximum absolute atomic E-state index is 12.7. The third kappa shape index (κ3) is 5.05. The number of carbonyl (C=O) groups is 1. The number of amides is 1. The summed E-state index contributed by atoms with van der Waals surface area (Å²) >= 11 is 12.5. The summed E-state index contributed by atoms with van der Waals surface area (Å²) in [4.78, 5) is 12.9. The molecule has 1 aliphatic carbocycles. The number of carbonyl (C=O) groups excluding carboxylic acids is 1. The second-order valence-electron chi connectivity index (χ2n) is 7.62. The van der Waals surface area contributed by atoms with Crippen LogP contribution in [0.25, 0.3) is 0 Å². The van der Waals surface area contributed by atoms with E-state index in [0.29, 0.717) is 33.4 Å². The Hall–Kier alpha value is -2.10. The Labute approximate surface area is 191 Å². The molecule has 4 rings (SSSR count). The second-order valence-corrected chi connectivity index (χ2v) is 10.5. The van der Waals surface area contributed by atoms with Crippen molar-refractivity contribution in [1.82, 2.24) is 10.6 Å². The van der Waals surface area contributed by atoms with Gasteiger partial charge in [-0.15, -0.1) is 0 Å². The van der Waals surface area contributed by atoms with Crippen LogP contribution in [0.3, 0.4) is 0 Å². The van der Waals surface area contributed by atoms with Crippen molar-refractivity contribution in [1.29, 1.82) is 0 Å². The van der Waals surface area contributed by atoms with Crippen LogP contribution in [0.15, 0.2) is 59.0 Å². The highest BCUT2D eigenvalue weighted by Gasteiger charge is 2.35. The van der Waals surface area contributed by atoms with Gasteiger partial charge in [-0.2, -0.15) is 0 Å². The number of para-hydroxylation sites is 1. The Morgan fingerprint density at radius 1 is 1.06 bits per heavy atom. The monoisotopic (exact) mass is 480 g/mol. The van der Waals surface area contributed by atoms with E-state index in [1.54, 1.807) is 30.3 Å². The van der Waals surface area contributed by atoms with Gasteiger partial charge < -0.3 is 10.6 Å². The van der Waals surface area contributed by atoms with Crippen LogP contribution in [0.2, 0.25) is 10.0 Å². The molecule has 7 nitrogen and oxygen atoms in total. The zero-order valence-electron chi connectivity index (χ0n) is 16.7. The number of sulfone groups is 1. The molecule has 3 unspecified atom stereocenters. The van der Waals surface area contributed by atoms with E-state index in [9.17, 15) is 13.2 Å². The summed E-state index contributed by atoms with van der Waals surface area (Å²) in [5.41, 5.74) is 1.87. The van der Waals surface area contributed by atoms with Gasteiger partial charge in [-0.3, -0.25) is 15.4 Å². The lowest BCUT2D eigenvalue weighted by Crippen LogP contribution is -2.40. The van der Waals surface area contributed by atoms with E-state index in [1.807, 2.05) is 6.08 Å². The van der Waals surface area contributed by atoms with Gasteiger partial charge in [0.05, 0.1) is 20.6 Å². The highest BCUT2D eigenvalue weighted by Crippen LogP contribution is 2.31. The average molecular weight is 481 g/mol. The van der Waals surface area contributed by atoms with Crippen LogP contribution in [0.5, 0.6) is 0 Å². The normalized spacial score (nSPS) is 23.1. The predicted molar refractivity (Wildman–Crippen MR) is 123 cm³/mol. The van der Waals surface area contributed by atoms with Crippen molar-refractivity contribution in [3.05, 3.63) is 64.2 Å². The topological polar surface area (TPSA) is 99.3 Å². The summed E-state index contributed by atoms with van der Waals surface area (Å²) in [6.45, 7) is 0. The Kier molecular flexibility index (Phi) is 6.27. The van der Waals surface area contributed by atoms with Gasteiger partial charge in [0, 0.05) is 29.6 Å². The maximum atomic E-state index is 12.7. The molecule has 3 atom stereocenters. The summed E-state index contributed by atoms with van der Waals surface area (Å²) in [6.07, 6.45) is 4.25. The Balaban J connectivity index is 1.40. The number of hydrogen-bond acceptors (Lipinski definition) is 6. The van der Waals surface area contributed by atoms with Crippen molar-refractivity contribution in [3.63, 3.8) is 0 Å². The lowest BCUT2D eigenvalue weighted by Gasteiger charge is -2.23. The first kappa shape index (κ1) is 22.1. The molecule has 0 spiro atoms. The van der Waals surface area contributed by atoms with Gasteiger partial charge in [0.2, 0.25) is 0 Å². The molecule has 2 aromatic rings. The fourth-order valence-electron chi connectivity index (χ4n) is 3.76. The molecule has 2 aromatic carbocycles. The minimum Gasteiger partial charge on any atom is -0.355 e. The largest absolute Gasteiger partial charge is 0.355 e. The van der Waals surface area contributed by atoms with Crippen molar-refractivity contribution in [2.75, 3.05) is 16.9 Å². The standard InChI is InChI=1S/C21H22Cl2N4O3S/c1-31(29,30)14-8-6-13(7-9-14)24-20(28)12-5-10-17-18(11-12)26-21(25-17)27-19-15(22)3-2-4-16(19)23/h2-4,6-9,11,17-18,21,25-27H,5,10H2,1H3,(H,24,28). The molecule has 1 amide bonds. The molecular weight excluding hydrogens is 459 g/mol. The summed E-state index contributed by atoms with van der Waals surface area (Å²) in [6, 6.07) is 11.6. The van der Waals surface area contributed by atoms with E-state index >= 15 is 0 Å². The zero-order chi connectivity index (χ0) is 22.2. The molecule has 0 radical (unpaired) electrons. The SMILES string of the molecule is CS(=O)(=O)c1ccc(NC(=O)C2=CC3NC(Nc4c(Cl)cccc4Cl)NC3CC2)cc1. The molecule has 164 valence electrons. The number of fused-ring (bicyclic) bond motifs is 1. The molecule has 2 aliphatic rings. The predicted octanol–water partition coefficient (Wildman–Crippen LogP) is 3.38.